The molecule has 0 saturated carbocycles. The topological polar surface area (TPSA) is 52.0 Å². The molecule has 4 nitrogen and oxygen atoms in total. The van der Waals surface area contributed by atoms with Gasteiger partial charge in [-0.3, -0.25) is 4.68 Å². The molecule has 0 atom stereocenters. The fourth-order valence-electron chi connectivity index (χ4n) is 0.838. The molecule has 0 fully saturated rings. The quantitative estimate of drug-likeness (QED) is 0.820. The van der Waals surface area contributed by atoms with E-state index in [2.05, 4.69) is 21.0 Å². The van der Waals surface area contributed by atoms with Crippen molar-refractivity contribution in [1.82, 2.24) is 9.78 Å². The molecule has 1 aromatic heterocycles. The van der Waals surface area contributed by atoms with Gasteiger partial charge in [-0.1, -0.05) is 6.92 Å². The van der Waals surface area contributed by atoms with Gasteiger partial charge in [0, 0.05) is 11.9 Å². The molecule has 0 aliphatic rings. The van der Waals surface area contributed by atoms with E-state index >= 15 is 0 Å². The van der Waals surface area contributed by atoms with E-state index in [1.807, 2.05) is 0 Å². The highest BCUT2D eigenvalue weighted by atomic mass is 79.9. The van der Waals surface area contributed by atoms with Crippen molar-refractivity contribution in [3.05, 3.63) is 16.9 Å². The molecular weight excluding hydrogens is 256 g/mol. The summed E-state index contributed by atoms with van der Waals surface area (Å²) in [5, 5.41) is 3.96. The van der Waals surface area contributed by atoms with Gasteiger partial charge in [0.25, 0.3) is 0 Å². The van der Waals surface area contributed by atoms with Crippen LogP contribution < -0.4 is 0 Å². The zero-order valence-corrected chi connectivity index (χ0v) is 9.68. The highest BCUT2D eigenvalue weighted by molar-refractivity contribution is 9.10. The van der Waals surface area contributed by atoms with Crippen LogP contribution in [-0.4, -0.2) is 29.7 Å². The van der Waals surface area contributed by atoms with E-state index < -0.39 is 9.84 Å². The van der Waals surface area contributed by atoms with E-state index in [1.165, 1.54) is 0 Å². The van der Waals surface area contributed by atoms with Crippen LogP contribution in [0.4, 0.5) is 0 Å². The highest BCUT2D eigenvalue weighted by Gasteiger charge is 2.07. The van der Waals surface area contributed by atoms with Gasteiger partial charge in [-0.05, 0) is 15.9 Å². The van der Waals surface area contributed by atoms with Crippen LogP contribution in [-0.2, 0) is 16.4 Å². The Balaban J connectivity index is 2.53. The molecule has 1 rings (SSSR count). The molecule has 13 heavy (non-hydrogen) atoms. The van der Waals surface area contributed by atoms with Crippen molar-refractivity contribution in [2.45, 2.75) is 13.5 Å². The summed E-state index contributed by atoms with van der Waals surface area (Å²) in [6.45, 7) is 2.07. The minimum Gasteiger partial charge on any atom is -0.271 e. The van der Waals surface area contributed by atoms with Gasteiger partial charge >= 0.3 is 0 Å². The van der Waals surface area contributed by atoms with Crippen molar-refractivity contribution in [2.24, 2.45) is 0 Å². The highest BCUT2D eigenvalue weighted by Crippen LogP contribution is 2.06. The Morgan fingerprint density at radius 3 is 2.77 bits per heavy atom. The Morgan fingerprint density at radius 1 is 1.62 bits per heavy atom. The number of aryl methyl sites for hydroxylation is 1. The summed E-state index contributed by atoms with van der Waals surface area (Å²) in [5.74, 6) is 0.340. The molecule has 0 aliphatic heterocycles. The summed E-state index contributed by atoms with van der Waals surface area (Å²) in [5.41, 5.74) is 0. The van der Waals surface area contributed by atoms with Gasteiger partial charge in [0.15, 0.2) is 9.84 Å². The van der Waals surface area contributed by atoms with Crippen LogP contribution >= 0.6 is 15.9 Å². The lowest BCUT2D eigenvalue weighted by Gasteiger charge is -2.00. The van der Waals surface area contributed by atoms with E-state index in [0.29, 0.717) is 6.54 Å². The van der Waals surface area contributed by atoms with E-state index in [4.69, 9.17) is 0 Å². The molecule has 74 valence electrons. The Hall–Kier alpha value is -0.360. The van der Waals surface area contributed by atoms with E-state index in [-0.39, 0.29) is 11.5 Å². The maximum atomic E-state index is 11.1. The molecule has 0 spiro atoms. The van der Waals surface area contributed by atoms with E-state index in [0.717, 1.165) is 4.47 Å². The maximum Gasteiger partial charge on any atom is 0.151 e. The summed E-state index contributed by atoms with van der Waals surface area (Å²) in [4.78, 5) is 0. The summed E-state index contributed by atoms with van der Waals surface area (Å²) in [6, 6.07) is 0. The van der Waals surface area contributed by atoms with Crippen molar-refractivity contribution in [1.29, 1.82) is 0 Å². The van der Waals surface area contributed by atoms with Crippen molar-refractivity contribution >= 4 is 25.8 Å². The standard InChI is InChI=1S/C7H11BrN2O2S/c1-2-13(11,12)4-3-10-6-7(8)5-9-10/h5-6H,2-4H2,1H3. The second kappa shape index (κ2) is 4.23. The fourth-order valence-corrected chi connectivity index (χ4v) is 1.92. The summed E-state index contributed by atoms with van der Waals surface area (Å²) in [7, 11) is -2.88. The number of nitrogens with zero attached hydrogens (tertiary/aromatic N) is 2. The molecule has 1 aromatic rings. The van der Waals surface area contributed by atoms with E-state index in [9.17, 15) is 8.42 Å². The molecule has 1 heterocycles. The molecule has 6 heteroatoms. The first-order chi connectivity index (χ1) is 6.03. The molecule has 0 bridgehead atoms. The van der Waals surface area contributed by atoms with Crippen LogP contribution in [0.3, 0.4) is 0 Å². The number of halogens is 1. The van der Waals surface area contributed by atoms with Gasteiger partial charge in [-0.2, -0.15) is 5.10 Å². The lowest BCUT2D eigenvalue weighted by atomic mass is 10.7. The second-order valence-corrected chi connectivity index (χ2v) is 6.05. The van der Waals surface area contributed by atoms with Crippen LogP contribution in [0.1, 0.15) is 6.92 Å². The molecule has 0 aromatic carbocycles. The first kappa shape index (κ1) is 10.7. The summed E-state index contributed by atoms with van der Waals surface area (Å²) in [6.07, 6.45) is 3.39. The van der Waals surface area contributed by atoms with Gasteiger partial charge in [-0.25, -0.2) is 8.42 Å². The number of aromatic nitrogens is 2. The molecule has 0 amide bonds. The average Bonchev–Trinajstić information content (AvgIpc) is 2.48. The number of hydrogen-bond acceptors (Lipinski definition) is 3. The maximum absolute atomic E-state index is 11.1. The van der Waals surface area contributed by atoms with Crippen LogP contribution in [0.25, 0.3) is 0 Å². The normalized spacial score (nSPS) is 11.8. The second-order valence-electron chi connectivity index (χ2n) is 2.66. The predicted molar refractivity (Wildman–Crippen MR) is 54.3 cm³/mol. The zero-order valence-electron chi connectivity index (χ0n) is 7.27. The van der Waals surface area contributed by atoms with Crippen molar-refractivity contribution in [3.63, 3.8) is 0 Å². The number of rotatable bonds is 4. The zero-order chi connectivity index (χ0) is 9.90. The molecular formula is C7H11BrN2O2S. The van der Waals surface area contributed by atoms with Gasteiger partial charge in [0.2, 0.25) is 0 Å². The predicted octanol–water partition coefficient (Wildman–Crippen LogP) is 1.08. The molecule has 0 radical (unpaired) electrons. The number of sulfone groups is 1. The molecule has 0 aliphatic carbocycles. The van der Waals surface area contributed by atoms with Crippen molar-refractivity contribution < 1.29 is 8.42 Å². The smallest absolute Gasteiger partial charge is 0.151 e. The van der Waals surface area contributed by atoms with Gasteiger partial charge < -0.3 is 0 Å². The lowest BCUT2D eigenvalue weighted by molar-refractivity contribution is 0.581. The minimum atomic E-state index is -2.88. The molecule has 0 N–H and O–H groups in total. The minimum absolute atomic E-state index is 0.150. The first-order valence-electron chi connectivity index (χ1n) is 3.92. The van der Waals surface area contributed by atoms with E-state index in [1.54, 1.807) is 24.0 Å². The average molecular weight is 267 g/mol. The monoisotopic (exact) mass is 266 g/mol. The first-order valence-corrected chi connectivity index (χ1v) is 6.53. The van der Waals surface area contributed by atoms with Crippen LogP contribution in [0.15, 0.2) is 16.9 Å². The third kappa shape index (κ3) is 3.48. The SMILES string of the molecule is CCS(=O)(=O)CCn1cc(Br)cn1. The van der Waals surface area contributed by atoms with Crippen LogP contribution in [0.5, 0.6) is 0 Å². The Kier molecular flexibility index (Phi) is 3.49. The van der Waals surface area contributed by atoms with Crippen LogP contribution in [0, 0.1) is 0 Å². The third-order valence-electron chi connectivity index (χ3n) is 1.67. The molecule has 0 saturated heterocycles. The third-order valence-corrected chi connectivity index (χ3v) is 3.77. The Labute approximate surface area is 86.0 Å². The lowest BCUT2D eigenvalue weighted by Crippen LogP contribution is -2.14. The van der Waals surface area contributed by atoms with Crippen molar-refractivity contribution in [3.8, 4) is 0 Å². The molecule has 0 unspecified atom stereocenters. The Bertz CT molecular complexity index is 372. The van der Waals surface area contributed by atoms with Gasteiger partial charge in [0.05, 0.1) is 23.0 Å². The fraction of sp³-hybridized carbons (Fsp3) is 0.571. The van der Waals surface area contributed by atoms with Crippen LogP contribution in [0.2, 0.25) is 0 Å². The largest absolute Gasteiger partial charge is 0.271 e. The van der Waals surface area contributed by atoms with Gasteiger partial charge in [0.1, 0.15) is 0 Å². The summed E-state index contributed by atoms with van der Waals surface area (Å²) < 4.78 is 24.7. The summed E-state index contributed by atoms with van der Waals surface area (Å²) >= 11 is 3.24. The van der Waals surface area contributed by atoms with Gasteiger partial charge in [-0.15, -0.1) is 0 Å². The van der Waals surface area contributed by atoms with Crippen molar-refractivity contribution in [2.75, 3.05) is 11.5 Å². The Morgan fingerprint density at radius 2 is 2.31 bits per heavy atom. The number of hydrogen-bond donors (Lipinski definition) is 0.